The molecule has 5 aliphatic rings. The number of piperidine rings is 1. The van der Waals surface area contributed by atoms with Gasteiger partial charge in [0, 0.05) is 93.2 Å². The molecule has 2 unspecified atom stereocenters. The number of ether oxygens (including phenoxy) is 3. The molecule has 6 aromatic rings. The molecule has 6 N–H and O–H groups in total. The van der Waals surface area contributed by atoms with Crippen molar-refractivity contribution in [3.05, 3.63) is 124 Å². The molecule has 0 radical (unpaired) electrons. The van der Waals surface area contributed by atoms with Crippen LogP contribution in [0.2, 0.25) is 0 Å². The van der Waals surface area contributed by atoms with E-state index in [0.717, 1.165) is 82.7 Å². The number of hydrogen-bond donors (Lipinski definition) is 5. The molecule has 2 atom stereocenters. The maximum Gasteiger partial charge on any atom is 0.299 e. The number of nitrogen functional groups attached to an aromatic ring is 1. The number of hydrogen-bond acceptors (Lipinski definition) is 14. The molecule has 17 heteroatoms. The lowest BCUT2D eigenvalue weighted by Gasteiger charge is -2.59. The van der Waals surface area contributed by atoms with Gasteiger partial charge in [-0.25, -0.2) is 9.37 Å². The van der Waals surface area contributed by atoms with Crippen LogP contribution in [0.15, 0.2) is 85.2 Å². The van der Waals surface area contributed by atoms with E-state index in [1.807, 2.05) is 13.0 Å². The van der Waals surface area contributed by atoms with Gasteiger partial charge in [0.15, 0.2) is 5.75 Å². The number of carbonyl (C=O) groups excluding carboxylic acids is 3. The average molecular weight is 1100 g/mol. The van der Waals surface area contributed by atoms with Crippen LogP contribution in [0.1, 0.15) is 160 Å². The average Bonchev–Trinajstić information content (AvgIpc) is 4.24. The summed E-state index contributed by atoms with van der Waals surface area (Å²) in [7, 11) is 1.79. The number of imide groups is 1. The Morgan fingerprint density at radius 1 is 0.926 bits per heavy atom. The molecule has 5 fully saturated rings. The van der Waals surface area contributed by atoms with Crippen LogP contribution in [0.5, 0.6) is 23.1 Å². The number of nitrogens with one attached hydrogen (secondary N) is 3. The fraction of sp³-hybridized carbons (Fsp3) is 0.484. The van der Waals surface area contributed by atoms with E-state index in [-0.39, 0.29) is 63.3 Å². The molecule has 16 nitrogen and oxygen atoms in total. The van der Waals surface area contributed by atoms with Gasteiger partial charge < -0.3 is 40.3 Å². The standard InChI is InChI=1S/C64H78FN9O7/c1-7-80-62-56(29-50-51(65)34-69-58(50)70-62)81-55-28-44(15-17-49(55)60(76)71-61(77)57(75)43-27-52(66)59(68-33-43)67-32-40-18-20-63(5,78)21-19-40)72-24-22-64(23-25-72)30-45(31-64)74-35-39(4)73(37-53(74)48-11-9-8-10-46(48)38(2)3)36-41-12-16-47(42-13-14-42)54(26-41)79-6/h8-12,15-17,26-29,33-34,38-40,42,45,53,78H,7,13-14,18-25,30-32,35-37,66H2,1-6H3,(H,67,68)(H,69,70)(H,71,76,77)/t39?,40-,53?,63-. The van der Waals surface area contributed by atoms with Gasteiger partial charge in [-0.2, -0.15) is 4.98 Å². The Labute approximate surface area is 474 Å². The molecule has 2 aliphatic heterocycles. The first-order valence-electron chi connectivity index (χ1n) is 29.2. The smallest absolute Gasteiger partial charge is 0.299 e. The topological polar surface area (TPSA) is 200 Å². The molecule has 3 aliphatic carbocycles. The predicted molar refractivity (Wildman–Crippen MR) is 312 cm³/mol. The Balaban J connectivity index is 0.786. The molecule has 2 saturated heterocycles. The van der Waals surface area contributed by atoms with Gasteiger partial charge in [-0.15, -0.1) is 0 Å². The highest BCUT2D eigenvalue weighted by Crippen LogP contribution is 2.54. The molecule has 1 spiro atoms. The number of ketones is 1. The zero-order valence-corrected chi connectivity index (χ0v) is 47.7. The molecule has 5 heterocycles. The monoisotopic (exact) mass is 1100 g/mol. The van der Waals surface area contributed by atoms with E-state index in [2.05, 4.69) is 104 Å². The van der Waals surface area contributed by atoms with Crippen molar-refractivity contribution in [1.82, 2.24) is 30.1 Å². The summed E-state index contributed by atoms with van der Waals surface area (Å²) < 4.78 is 33.3. The number of anilines is 3. The summed E-state index contributed by atoms with van der Waals surface area (Å²) >= 11 is 0. The second-order valence-electron chi connectivity index (χ2n) is 24.3. The number of benzene rings is 3. The number of H-pyrrole nitrogens is 1. The number of aliphatic hydroxyl groups is 1. The Bertz CT molecular complexity index is 3300. The molecule has 11 rings (SSSR count). The SMILES string of the molecule is CCOc1nc2[nH]cc(F)c2cc1Oc1cc(N2CCC3(CC2)CC(N2CC(C)N(Cc4ccc(C5CC5)c(OC)c4)CC2c2ccccc2C(C)C)C3)ccc1C(=O)NC(=O)C(=O)c1cnc(NC[C@H]2CC[C@](C)(O)CC2)c(N)c1. The highest BCUT2D eigenvalue weighted by Gasteiger charge is 2.51. The van der Waals surface area contributed by atoms with Gasteiger partial charge in [-0.1, -0.05) is 50.2 Å². The van der Waals surface area contributed by atoms with E-state index >= 15 is 4.39 Å². The summed E-state index contributed by atoms with van der Waals surface area (Å²) in [5, 5.41) is 16.0. The number of carbonyl (C=O) groups is 3. The minimum absolute atomic E-state index is 0.0390. The molecular weight excluding hydrogens is 1030 g/mol. The number of methoxy groups -OCH3 is 1. The molecule has 2 amide bonds. The molecule has 3 aromatic carbocycles. The lowest BCUT2D eigenvalue weighted by molar-refractivity contribution is -0.116. The first-order chi connectivity index (χ1) is 39.0. The highest BCUT2D eigenvalue weighted by atomic mass is 19.1. The number of amides is 2. The fourth-order valence-corrected chi connectivity index (χ4v) is 13.2. The number of piperazine rings is 1. The van der Waals surface area contributed by atoms with Gasteiger partial charge in [0.05, 0.1) is 36.0 Å². The normalized spacial score (nSPS) is 22.4. The lowest BCUT2D eigenvalue weighted by Crippen LogP contribution is -2.61. The Morgan fingerprint density at radius 2 is 1.69 bits per heavy atom. The maximum absolute atomic E-state index is 15.0. The Kier molecular flexibility index (Phi) is 15.9. The number of halogens is 1. The van der Waals surface area contributed by atoms with Crippen LogP contribution in [0, 0.1) is 17.2 Å². The van der Waals surface area contributed by atoms with Crippen molar-refractivity contribution in [2.75, 3.05) is 62.4 Å². The van der Waals surface area contributed by atoms with E-state index in [0.29, 0.717) is 55.0 Å². The third kappa shape index (κ3) is 12.0. The van der Waals surface area contributed by atoms with Crippen LogP contribution in [-0.2, 0) is 11.3 Å². The van der Waals surface area contributed by atoms with Crippen molar-refractivity contribution in [3.8, 4) is 23.1 Å². The number of aromatic amines is 1. The van der Waals surface area contributed by atoms with E-state index in [9.17, 15) is 19.5 Å². The van der Waals surface area contributed by atoms with Gasteiger partial charge in [0.1, 0.15) is 28.8 Å². The number of aromatic nitrogens is 3. The van der Waals surface area contributed by atoms with Gasteiger partial charge in [-0.05, 0) is 155 Å². The van der Waals surface area contributed by atoms with Crippen molar-refractivity contribution in [1.29, 1.82) is 0 Å². The minimum Gasteiger partial charge on any atom is -0.496 e. The molecule has 3 aromatic heterocycles. The molecular formula is C64H78FN9O7. The molecule has 81 heavy (non-hydrogen) atoms. The van der Waals surface area contributed by atoms with Crippen LogP contribution in [0.4, 0.5) is 21.6 Å². The second-order valence-corrected chi connectivity index (χ2v) is 24.3. The van der Waals surface area contributed by atoms with Gasteiger partial charge in [0.25, 0.3) is 23.5 Å². The fourth-order valence-electron chi connectivity index (χ4n) is 13.2. The molecule has 0 bridgehead atoms. The first kappa shape index (κ1) is 55.8. The van der Waals surface area contributed by atoms with Crippen molar-refractivity contribution in [3.63, 3.8) is 0 Å². The van der Waals surface area contributed by atoms with Gasteiger partial charge in [-0.3, -0.25) is 29.5 Å². The number of rotatable bonds is 18. The lowest BCUT2D eigenvalue weighted by atomic mass is 9.59. The number of Topliss-reactive ketones (excluding diaryl/α,β-unsaturated/α-hetero) is 1. The zero-order chi connectivity index (χ0) is 56.7. The maximum atomic E-state index is 15.0. The summed E-state index contributed by atoms with van der Waals surface area (Å²) in [6, 6.07) is 25.0. The number of nitrogens with two attached hydrogens (primary N) is 1. The Hall–Kier alpha value is -7.08. The number of nitrogens with zero attached hydrogens (tertiary/aromatic N) is 5. The van der Waals surface area contributed by atoms with Crippen LogP contribution in [0.3, 0.4) is 0 Å². The molecule has 428 valence electrons. The largest absolute Gasteiger partial charge is 0.496 e. The first-order valence-corrected chi connectivity index (χ1v) is 29.2. The zero-order valence-electron chi connectivity index (χ0n) is 47.7. The van der Waals surface area contributed by atoms with E-state index in [1.54, 1.807) is 26.2 Å². The third-order valence-electron chi connectivity index (χ3n) is 18.2. The third-order valence-corrected chi connectivity index (χ3v) is 18.2. The quantitative estimate of drug-likeness (QED) is 0.0402. The summed E-state index contributed by atoms with van der Waals surface area (Å²) in [6.07, 6.45) is 12.3. The van der Waals surface area contributed by atoms with Crippen molar-refractivity contribution < 1.29 is 38.1 Å². The number of pyridine rings is 2. The van der Waals surface area contributed by atoms with Crippen molar-refractivity contribution in [2.45, 2.75) is 141 Å². The van der Waals surface area contributed by atoms with Crippen LogP contribution >= 0.6 is 0 Å². The Morgan fingerprint density at radius 3 is 2.41 bits per heavy atom. The van der Waals surface area contributed by atoms with Crippen LogP contribution < -0.4 is 35.5 Å². The van der Waals surface area contributed by atoms with E-state index < -0.39 is 29.0 Å². The van der Waals surface area contributed by atoms with Crippen LogP contribution in [0.25, 0.3) is 11.0 Å². The highest BCUT2D eigenvalue weighted by molar-refractivity contribution is 6.45. The number of fused-ring (bicyclic) bond motifs is 1. The molecule has 3 saturated carbocycles. The summed E-state index contributed by atoms with van der Waals surface area (Å²) in [5.74, 6) is -0.662. The van der Waals surface area contributed by atoms with Crippen LogP contribution in [-0.4, -0.2) is 112 Å². The minimum atomic E-state index is -1.18. The summed E-state index contributed by atoms with van der Waals surface area (Å²) in [6.45, 7) is 15.8. The van der Waals surface area contributed by atoms with E-state index in [1.165, 1.54) is 59.6 Å². The van der Waals surface area contributed by atoms with Gasteiger partial charge >= 0.3 is 0 Å². The van der Waals surface area contributed by atoms with Gasteiger partial charge in [0.2, 0.25) is 0 Å². The summed E-state index contributed by atoms with van der Waals surface area (Å²) in [5.41, 5.74) is 12.4. The summed E-state index contributed by atoms with van der Waals surface area (Å²) in [4.78, 5) is 60.7. The van der Waals surface area contributed by atoms with Crippen molar-refractivity contribution >= 4 is 45.8 Å². The predicted octanol–water partition coefficient (Wildman–Crippen LogP) is 11.1. The van der Waals surface area contributed by atoms with E-state index in [4.69, 9.17) is 19.9 Å². The van der Waals surface area contributed by atoms with Crippen molar-refractivity contribution in [2.24, 2.45) is 11.3 Å². The second kappa shape index (κ2) is 23.0.